The number of halogens is 4. The van der Waals surface area contributed by atoms with Crippen molar-refractivity contribution in [2.24, 2.45) is 0 Å². The Hall–Kier alpha value is -1.89. The fourth-order valence-electron chi connectivity index (χ4n) is 1.76. The van der Waals surface area contributed by atoms with Crippen molar-refractivity contribution in [1.82, 2.24) is 14.8 Å². The molecule has 112 valence electrons. The first kappa shape index (κ1) is 15.5. The van der Waals surface area contributed by atoms with Gasteiger partial charge in [-0.1, -0.05) is 11.6 Å². The molecule has 0 aliphatic rings. The van der Waals surface area contributed by atoms with Crippen molar-refractivity contribution in [2.75, 3.05) is 0 Å². The lowest BCUT2D eigenvalue weighted by molar-refractivity contribution is -0.137. The average molecular weight is 318 g/mol. The molecule has 0 aliphatic heterocycles. The molecule has 0 spiro atoms. The topological polar surface area (TPSA) is 47.8 Å². The summed E-state index contributed by atoms with van der Waals surface area (Å²) in [6.45, 7) is 3.61. The van der Waals surface area contributed by atoms with E-state index in [4.69, 9.17) is 11.6 Å². The first-order valence-electron chi connectivity index (χ1n) is 6.02. The number of carbonyl (C=O) groups excluding carboxylic acids is 1. The Labute approximate surface area is 123 Å². The molecule has 2 aromatic heterocycles. The molecular weight excluding hydrogens is 307 g/mol. The monoisotopic (exact) mass is 317 g/mol. The Morgan fingerprint density at radius 1 is 1.29 bits per heavy atom. The van der Waals surface area contributed by atoms with Crippen LogP contribution in [-0.4, -0.2) is 20.5 Å². The van der Waals surface area contributed by atoms with E-state index in [0.29, 0.717) is 6.20 Å². The Morgan fingerprint density at radius 2 is 1.95 bits per heavy atom. The summed E-state index contributed by atoms with van der Waals surface area (Å²) >= 11 is 5.93. The molecule has 2 rings (SSSR count). The van der Waals surface area contributed by atoms with Crippen LogP contribution in [0.4, 0.5) is 13.2 Å². The van der Waals surface area contributed by atoms with E-state index in [2.05, 4.69) is 10.1 Å². The van der Waals surface area contributed by atoms with Gasteiger partial charge in [0.15, 0.2) is 0 Å². The van der Waals surface area contributed by atoms with Gasteiger partial charge < -0.3 is 0 Å². The second kappa shape index (κ2) is 5.48. The van der Waals surface area contributed by atoms with Gasteiger partial charge >= 0.3 is 6.18 Å². The number of hydrogen-bond acceptors (Lipinski definition) is 3. The van der Waals surface area contributed by atoms with E-state index in [-0.39, 0.29) is 22.5 Å². The summed E-state index contributed by atoms with van der Waals surface area (Å²) in [5.74, 6) is -0.570. The minimum atomic E-state index is -4.49. The van der Waals surface area contributed by atoms with Gasteiger partial charge in [-0.3, -0.25) is 14.5 Å². The molecule has 0 radical (unpaired) electrons. The molecule has 0 fully saturated rings. The van der Waals surface area contributed by atoms with E-state index in [9.17, 15) is 18.0 Å². The van der Waals surface area contributed by atoms with E-state index >= 15 is 0 Å². The van der Waals surface area contributed by atoms with Gasteiger partial charge in [0.2, 0.25) is 5.78 Å². The van der Waals surface area contributed by atoms with Crippen molar-refractivity contribution in [3.63, 3.8) is 0 Å². The molecule has 8 heteroatoms. The number of pyridine rings is 1. The first-order valence-corrected chi connectivity index (χ1v) is 6.40. The smallest absolute Gasteiger partial charge is 0.285 e. The van der Waals surface area contributed by atoms with Gasteiger partial charge in [0, 0.05) is 12.2 Å². The number of nitrogens with zero attached hydrogens (tertiary/aromatic N) is 3. The Balaban J connectivity index is 2.39. The summed E-state index contributed by atoms with van der Waals surface area (Å²) in [5, 5.41) is 4.11. The molecule has 2 aromatic rings. The molecule has 0 amide bonds. The number of alkyl halides is 3. The summed E-state index contributed by atoms with van der Waals surface area (Å²) in [4.78, 5) is 15.9. The molecule has 0 saturated heterocycles. The predicted molar refractivity (Wildman–Crippen MR) is 70.3 cm³/mol. The Morgan fingerprint density at radius 3 is 2.43 bits per heavy atom. The van der Waals surface area contributed by atoms with Crippen LogP contribution in [0.3, 0.4) is 0 Å². The van der Waals surface area contributed by atoms with Crippen molar-refractivity contribution >= 4 is 17.4 Å². The minimum absolute atomic E-state index is 0.110. The lowest BCUT2D eigenvalue weighted by Crippen LogP contribution is -2.15. The quantitative estimate of drug-likeness (QED) is 0.810. The molecule has 2 heterocycles. The molecule has 0 atom stereocenters. The fourth-order valence-corrected chi connectivity index (χ4v) is 1.98. The second-order valence-electron chi connectivity index (χ2n) is 4.64. The maximum absolute atomic E-state index is 12.5. The van der Waals surface area contributed by atoms with Gasteiger partial charge in [0.05, 0.1) is 16.8 Å². The lowest BCUT2D eigenvalue weighted by atomic mass is 10.1. The van der Waals surface area contributed by atoms with Gasteiger partial charge in [-0.15, -0.1) is 0 Å². The lowest BCUT2D eigenvalue weighted by Gasteiger charge is -2.11. The van der Waals surface area contributed by atoms with Crippen molar-refractivity contribution in [2.45, 2.75) is 26.1 Å². The highest BCUT2D eigenvalue weighted by Gasteiger charge is 2.31. The molecule has 0 aliphatic carbocycles. The van der Waals surface area contributed by atoms with Crippen LogP contribution in [0.1, 0.15) is 41.6 Å². The van der Waals surface area contributed by atoms with E-state index in [1.165, 1.54) is 10.9 Å². The van der Waals surface area contributed by atoms with Gasteiger partial charge in [0.25, 0.3) is 0 Å². The zero-order valence-electron chi connectivity index (χ0n) is 11.1. The highest BCUT2D eigenvalue weighted by molar-refractivity contribution is 6.34. The largest absolute Gasteiger partial charge is 0.417 e. The van der Waals surface area contributed by atoms with Crippen LogP contribution in [0, 0.1) is 0 Å². The zero-order chi connectivity index (χ0) is 15.8. The van der Waals surface area contributed by atoms with Gasteiger partial charge in [-0.2, -0.15) is 18.3 Å². The molecule has 0 N–H and O–H groups in total. The zero-order valence-corrected chi connectivity index (χ0v) is 11.9. The van der Waals surface area contributed by atoms with E-state index < -0.39 is 17.5 Å². The van der Waals surface area contributed by atoms with E-state index in [1.54, 1.807) is 13.8 Å². The van der Waals surface area contributed by atoms with Crippen LogP contribution in [0.5, 0.6) is 0 Å². The summed E-state index contributed by atoms with van der Waals surface area (Å²) < 4.78 is 38.8. The van der Waals surface area contributed by atoms with Gasteiger partial charge in [0.1, 0.15) is 11.4 Å². The van der Waals surface area contributed by atoms with Crippen molar-refractivity contribution in [3.05, 3.63) is 46.5 Å². The maximum Gasteiger partial charge on any atom is 0.417 e. The number of rotatable bonds is 3. The second-order valence-corrected chi connectivity index (χ2v) is 5.05. The van der Waals surface area contributed by atoms with Gasteiger partial charge in [-0.05, 0) is 26.0 Å². The number of carbonyl (C=O) groups is 1. The van der Waals surface area contributed by atoms with Gasteiger partial charge in [-0.25, -0.2) is 0 Å². The highest BCUT2D eigenvalue weighted by atomic mass is 35.5. The minimum Gasteiger partial charge on any atom is -0.285 e. The summed E-state index contributed by atoms with van der Waals surface area (Å²) in [5.41, 5.74) is -0.922. The fraction of sp³-hybridized carbons (Fsp3) is 0.308. The molecule has 0 aromatic carbocycles. The summed E-state index contributed by atoms with van der Waals surface area (Å²) in [6, 6.07) is 1.72. The average Bonchev–Trinajstić information content (AvgIpc) is 2.79. The normalized spacial score (nSPS) is 12.0. The van der Waals surface area contributed by atoms with Crippen LogP contribution in [0.15, 0.2) is 24.5 Å². The standard InChI is InChI=1S/C13H11ClF3N3O/c1-7(2)20-11(9(14)6-19-20)12(21)10-4-3-8(5-18-10)13(15,16)17/h3-7H,1-2H3. The van der Waals surface area contributed by atoms with Crippen molar-refractivity contribution in [3.8, 4) is 0 Å². The SMILES string of the molecule is CC(C)n1ncc(Cl)c1C(=O)c1ccc(C(F)(F)F)cn1. The Bertz CT molecular complexity index is 662. The molecule has 0 bridgehead atoms. The molecule has 0 unspecified atom stereocenters. The third-order valence-corrected chi connectivity index (χ3v) is 3.06. The maximum atomic E-state index is 12.5. The van der Waals surface area contributed by atoms with Crippen molar-refractivity contribution in [1.29, 1.82) is 0 Å². The van der Waals surface area contributed by atoms with Crippen LogP contribution in [0.25, 0.3) is 0 Å². The number of aromatic nitrogens is 3. The van der Waals surface area contributed by atoms with E-state index in [0.717, 1.165) is 12.1 Å². The summed E-state index contributed by atoms with van der Waals surface area (Å²) in [6.07, 6.45) is -2.55. The first-order chi connectivity index (χ1) is 9.71. The predicted octanol–water partition coefficient (Wildman–Crippen LogP) is 3.76. The van der Waals surface area contributed by atoms with Crippen LogP contribution in [-0.2, 0) is 6.18 Å². The van der Waals surface area contributed by atoms with Crippen LogP contribution < -0.4 is 0 Å². The number of hydrogen-bond donors (Lipinski definition) is 0. The van der Waals surface area contributed by atoms with Crippen LogP contribution >= 0.6 is 11.6 Å². The third kappa shape index (κ3) is 3.07. The molecular formula is C13H11ClF3N3O. The van der Waals surface area contributed by atoms with E-state index in [1.807, 2.05) is 0 Å². The van der Waals surface area contributed by atoms with Crippen LogP contribution in [0.2, 0.25) is 5.02 Å². The highest BCUT2D eigenvalue weighted by Crippen LogP contribution is 2.29. The third-order valence-electron chi connectivity index (χ3n) is 2.78. The number of ketones is 1. The molecule has 21 heavy (non-hydrogen) atoms. The molecule has 4 nitrogen and oxygen atoms in total. The Kier molecular flexibility index (Phi) is 4.04. The summed E-state index contributed by atoms with van der Waals surface area (Å²) in [7, 11) is 0. The van der Waals surface area contributed by atoms with Crippen molar-refractivity contribution < 1.29 is 18.0 Å². The molecule has 0 saturated carbocycles.